The second-order valence-corrected chi connectivity index (χ2v) is 12.0. The van der Waals surface area contributed by atoms with Gasteiger partial charge in [0.1, 0.15) is 22.3 Å². The maximum Gasteiger partial charge on any atom is 0.137 e. The van der Waals surface area contributed by atoms with Crippen molar-refractivity contribution in [2.24, 2.45) is 0 Å². The molecule has 0 bridgehead atoms. The molecule has 10 aromatic rings. The summed E-state index contributed by atoms with van der Waals surface area (Å²) in [6.07, 6.45) is 3.65. The van der Waals surface area contributed by atoms with Gasteiger partial charge in [-0.2, -0.15) is 0 Å². The highest BCUT2D eigenvalue weighted by Crippen LogP contribution is 2.43. The lowest BCUT2D eigenvalue weighted by Gasteiger charge is -2.25. The van der Waals surface area contributed by atoms with Gasteiger partial charge in [0.2, 0.25) is 0 Å². The van der Waals surface area contributed by atoms with Crippen molar-refractivity contribution < 1.29 is 8.83 Å². The average Bonchev–Trinajstić information content (AvgIpc) is 3.70. The van der Waals surface area contributed by atoms with E-state index in [9.17, 15) is 0 Å². The molecule has 0 saturated carbocycles. The maximum absolute atomic E-state index is 6.50. The highest BCUT2D eigenvalue weighted by atomic mass is 16.3. The molecule has 3 heterocycles. The molecular weight excluding hydrogens is 576 g/mol. The molecule has 0 unspecified atom stereocenters. The molecule has 0 aliphatic carbocycles. The van der Waals surface area contributed by atoms with E-state index in [4.69, 9.17) is 8.83 Å². The smallest absolute Gasteiger partial charge is 0.137 e. The lowest BCUT2D eigenvalue weighted by atomic mass is 10.0. The number of anilines is 3. The fraction of sp³-hybridized carbons (Fsp3) is 0. The Hall–Kier alpha value is -6.39. The number of aromatic nitrogens is 1. The summed E-state index contributed by atoms with van der Waals surface area (Å²) in [7, 11) is 0. The molecule has 3 aromatic heterocycles. The normalized spacial score (nSPS) is 11.8. The van der Waals surface area contributed by atoms with Crippen molar-refractivity contribution in [2.45, 2.75) is 0 Å². The Morgan fingerprint density at radius 1 is 0.383 bits per heavy atom. The van der Waals surface area contributed by atoms with E-state index < -0.39 is 0 Å². The zero-order valence-electron chi connectivity index (χ0n) is 25.2. The van der Waals surface area contributed by atoms with E-state index >= 15 is 0 Å². The van der Waals surface area contributed by atoms with Crippen LogP contribution in [0.3, 0.4) is 0 Å². The number of fused-ring (bicyclic) bond motifs is 10. The summed E-state index contributed by atoms with van der Waals surface area (Å²) >= 11 is 0. The molecule has 0 aliphatic heterocycles. The first-order chi connectivity index (χ1) is 23.3. The topological polar surface area (TPSA) is 42.4 Å². The SMILES string of the molecule is c1ccc2c(c1)ccc1oc3cc(N(c4ccc(-c5ccncc5)cc4)c4ccc5c(c4)oc4ccc6ccccc6c45)ccc3c12. The van der Waals surface area contributed by atoms with Gasteiger partial charge in [0.25, 0.3) is 0 Å². The van der Waals surface area contributed by atoms with Crippen LogP contribution < -0.4 is 4.90 Å². The standard InChI is InChI=1S/C43H26N2O2/c1-3-7-34-29(5-1)11-19-38-42(34)36-17-15-32(25-40(36)46-38)45(31-13-9-27(10-14-31)28-21-23-44-24-22-28)33-16-18-37-41(26-33)47-39-20-12-30-6-2-4-8-35(30)43(37)39/h1-26H. The van der Waals surface area contributed by atoms with Crippen molar-refractivity contribution in [3.8, 4) is 11.1 Å². The molecule has 0 aliphatic rings. The zero-order valence-corrected chi connectivity index (χ0v) is 25.2. The number of pyridine rings is 1. The van der Waals surface area contributed by atoms with Crippen LogP contribution in [-0.2, 0) is 0 Å². The van der Waals surface area contributed by atoms with Gasteiger partial charge in [0.15, 0.2) is 0 Å². The molecule has 4 heteroatoms. The molecule has 0 atom stereocenters. The molecule has 0 N–H and O–H groups in total. The van der Waals surface area contributed by atoms with Gasteiger partial charge in [0, 0.05) is 63.1 Å². The van der Waals surface area contributed by atoms with Gasteiger partial charge >= 0.3 is 0 Å². The van der Waals surface area contributed by atoms with Crippen LogP contribution in [0, 0.1) is 0 Å². The first-order valence-corrected chi connectivity index (χ1v) is 15.8. The Labute approximate surface area is 269 Å². The van der Waals surface area contributed by atoms with Crippen LogP contribution in [0.1, 0.15) is 0 Å². The van der Waals surface area contributed by atoms with Crippen LogP contribution in [0.4, 0.5) is 17.1 Å². The van der Waals surface area contributed by atoms with Crippen LogP contribution >= 0.6 is 0 Å². The fourth-order valence-corrected chi connectivity index (χ4v) is 7.14. The van der Waals surface area contributed by atoms with Gasteiger partial charge in [-0.25, -0.2) is 0 Å². The van der Waals surface area contributed by atoms with Crippen LogP contribution in [0.5, 0.6) is 0 Å². The van der Waals surface area contributed by atoms with Gasteiger partial charge in [-0.05, 0) is 93.3 Å². The highest BCUT2D eigenvalue weighted by molar-refractivity contribution is 6.20. The van der Waals surface area contributed by atoms with E-state index in [0.717, 1.165) is 72.1 Å². The summed E-state index contributed by atoms with van der Waals surface area (Å²) in [6.45, 7) is 0. The van der Waals surface area contributed by atoms with E-state index in [-0.39, 0.29) is 0 Å². The van der Waals surface area contributed by atoms with E-state index in [1.807, 2.05) is 24.5 Å². The van der Waals surface area contributed by atoms with Crippen molar-refractivity contribution >= 4 is 82.5 Å². The van der Waals surface area contributed by atoms with Crippen molar-refractivity contribution in [1.82, 2.24) is 4.98 Å². The number of benzene rings is 7. The summed E-state index contributed by atoms with van der Waals surface area (Å²) in [5.41, 5.74) is 8.77. The van der Waals surface area contributed by atoms with Gasteiger partial charge in [-0.15, -0.1) is 0 Å². The predicted molar refractivity (Wildman–Crippen MR) is 194 cm³/mol. The molecular formula is C43H26N2O2. The van der Waals surface area contributed by atoms with E-state index in [0.29, 0.717) is 0 Å². The van der Waals surface area contributed by atoms with E-state index in [2.05, 4.69) is 143 Å². The van der Waals surface area contributed by atoms with E-state index in [1.165, 1.54) is 21.5 Å². The zero-order chi connectivity index (χ0) is 30.9. The molecule has 0 saturated heterocycles. The second kappa shape index (κ2) is 10.1. The molecule has 4 nitrogen and oxygen atoms in total. The fourth-order valence-electron chi connectivity index (χ4n) is 7.14. The summed E-state index contributed by atoms with van der Waals surface area (Å²) < 4.78 is 13.0. The highest BCUT2D eigenvalue weighted by Gasteiger charge is 2.19. The Balaban J connectivity index is 1.17. The number of rotatable bonds is 4. The van der Waals surface area contributed by atoms with Crippen molar-refractivity contribution in [2.75, 3.05) is 4.90 Å². The first-order valence-electron chi connectivity index (χ1n) is 15.8. The van der Waals surface area contributed by atoms with Crippen LogP contribution in [0.15, 0.2) is 167 Å². The molecule has 7 aromatic carbocycles. The Bertz CT molecular complexity index is 2640. The van der Waals surface area contributed by atoms with Gasteiger partial charge in [-0.3, -0.25) is 4.98 Å². The van der Waals surface area contributed by atoms with Crippen molar-refractivity contribution in [3.63, 3.8) is 0 Å². The maximum atomic E-state index is 6.50. The van der Waals surface area contributed by atoms with Crippen molar-refractivity contribution in [1.29, 1.82) is 0 Å². The molecule has 47 heavy (non-hydrogen) atoms. The van der Waals surface area contributed by atoms with Crippen molar-refractivity contribution in [3.05, 3.63) is 158 Å². The minimum absolute atomic E-state index is 0.851. The van der Waals surface area contributed by atoms with Gasteiger partial charge in [-0.1, -0.05) is 72.8 Å². The summed E-state index contributed by atoms with van der Waals surface area (Å²) in [5, 5.41) is 9.30. The summed E-state index contributed by atoms with van der Waals surface area (Å²) in [5.74, 6) is 0. The lowest BCUT2D eigenvalue weighted by molar-refractivity contribution is 0.669. The Kier molecular flexibility index (Phi) is 5.54. The van der Waals surface area contributed by atoms with Crippen LogP contribution in [0.25, 0.3) is 76.5 Å². The molecule has 0 fully saturated rings. The number of hydrogen-bond donors (Lipinski definition) is 0. The second-order valence-electron chi connectivity index (χ2n) is 12.0. The van der Waals surface area contributed by atoms with Crippen LogP contribution in [0.2, 0.25) is 0 Å². The molecule has 0 radical (unpaired) electrons. The monoisotopic (exact) mass is 602 g/mol. The minimum atomic E-state index is 0.851. The Morgan fingerprint density at radius 2 is 0.872 bits per heavy atom. The third kappa shape index (κ3) is 4.05. The minimum Gasteiger partial charge on any atom is -0.456 e. The number of furan rings is 2. The van der Waals surface area contributed by atoms with Crippen LogP contribution in [-0.4, -0.2) is 4.98 Å². The van der Waals surface area contributed by atoms with Gasteiger partial charge in [0.05, 0.1) is 0 Å². The largest absolute Gasteiger partial charge is 0.456 e. The molecule has 0 amide bonds. The third-order valence-corrected chi connectivity index (χ3v) is 9.35. The average molecular weight is 603 g/mol. The third-order valence-electron chi connectivity index (χ3n) is 9.35. The Morgan fingerprint density at radius 3 is 1.43 bits per heavy atom. The molecule has 10 rings (SSSR count). The number of nitrogens with zero attached hydrogens (tertiary/aromatic N) is 2. The summed E-state index contributed by atoms with van der Waals surface area (Å²) in [4.78, 5) is 6.45. The van der Waals surface area contributed by atoms with E-state index in [1.54, 1.807) is 0 Å². The van der Waals surface area contributed by atoms with Gasteiger partial charge < -0.3 is 13.7 Å². The predicted octanol–water partition coefficient (Wildman–Crippen LogP) is 12.3. The first kappa shape index (κ1) is 25.9. The quantitative estimate of drug-likeness (QED) is 0.201. The number of hydrogen-bond acceptors (Lipinski definition) is 4. The molecule has 0 spiro atoms. The molecule has 220 valence electrons. The summed E-state index contributed by atoms with van der Waals surface area (Å²) in [6, 6.07) is 51.1. The lowest BCUT2D eigenvalue weighted by Crippen LogP contribution is -2.09.